The van der Waals surface area contributed by atoms with Crippen LogP contribution in [0, 0.1) is 10.8 Å². The number of hydrogen-bond acceptors (Lipinski definition) is 6. The standard InChI is InChI=1S/C17H24O6/c1-9-4-5-16(7-18)11(6-9)23-14-12(20)13(22-10(2)19)15(16,3)17(14)8-21-17/h6,11-14,18,20H,4-5,7-8H2,1-3H3/t11-,12+,13+,14+,15+,16+,17-/m0/s1. The minimum absolute atomic E-state index is 0.0970. The zero-order valence-corrected chi connectivity index (χ0v) is 13.7. The molecule has 0 unspecified atom stereocenters. The maximum absolute atomic E-state index is 11.6. The number of hydrogen-bond donors (Lipinski definition) is 2. The van der Waals surface area contributed by atoms with Crippen LogP contribution in [0.1, 0.15) is 33.6 Å². The molecule has 3 fully saturated rings. The lowest BCUT2D eigenvalue weighted by molar-refractivity contribution is -0.229. The van der Waals surface area contributed by atoms with Gasteiger partial charge in [0.1, 0.15) is 23.9 Å². The number of carbonyl (C=O) groups excluding carboxylic acids is 1. The predicted molar refractivity (Wildman–Crippen MR) is 79.5 cm³/mol. The summed E-state index contributed by atoms with van der Waals surface area (Å²) in [4.78, 5) is 11.6. The number of rotatable bonds is 2. The van der Waals surface area contributed by atoms with E-state index in [0.29, 0.717) is 6.61 Å². The van der Waals surface area contributed by atoms with Gasteiger partial charge in [-0.25, -0.2) is 0 Å². The van der Waals surface area contributed by atoms with Gasteiger partial charge in [0, 0.05) is 12.3 Å². The minimum atomic E-state index is -0.950. The number of epoxide rings is 1. The summed E-state index contributed by atoms with van der Waals surface area (Å²) in [5, 5.41) is 21.1. The van der Waals surface area contributed by atoms with Crippen LogP contribution in [0.4, 0.5) is 0 Å². The van der Waals surface area contributed by atoms with Crippen molar-refractivity contribution >= 4 is 5.97 Å². The largest absolute Gasteiger partial charge is 0.459 e. The third-order valence-electron chi connectivity index (χ3n) is 6.83. The van der Waals surface area contributed by atoms with E-state index in [2.05, 4.69) is 0 Å². The van der Waals surface area contributed by atoms with Crippen LogP contribution in [0.2, 0.25) is 0 Å². The quantitative estimate of drug-likeness (QED) is 0.438. The number of aliphatic hydroxyl groups is 2. The zero-order chi connectivity index (χ0) is 16.6. The maximum atomic E-state index is 11.6. The van der Waals surface area contributed by atoms with Gasteiger partial charge in [-0.05, 0) is 19.8 Å². The molecule has 1 saturated carbocycles. The lowest BCUT2D eigenvalue weighted by atomic mass is 9.51. The van der Waals surface area contributed by atoms with Gasteiger partial charge in [-0.3, -0.25) is 4.79 Å². The molecule has 2 heterocycles. The second-order valence-corrected chi connectivity index (χ2v) is 7.71. The summed E-state index contributed by atoms with van der Waals surface area (Å²) in [7, 11) is 0. The average molecular weight is 324 g/mol. The van der Waals surface area contributed by atoms with Crippen molar-refractivity contribution in [2.45, 2.75) is 63.6 Å². The molecule has 2 N–H and O–H groups in total. The van der Waals surface area contributed by atoms with Crippen LogP contribution in [0.5, 0.6) is 0 Å². The van der Waals surface area contributed by atoms with Gasteiger partial charge in [0.25, 0.3) is 0 Å². The topological polar surface area (TPSA) is 88.5 Å². The third kappa shape index (κ3) is 1.60. The Morgan fingerprint density at radius 2 is 2.22 bits per heavy atom. The van der Waals surface area contributed by atoms with Gasteiger partial charge in [-0.2, -0.15) is 0 Å². The molecule has 6 nitrogen and oxygen atoms in total. The Bertz CT molecular complexity index is 582. The Morgan fingerprint density at radius 3 is 2.78 bits per heavy atom. The smallest absolute Gasteiger partial charge is 0.303 e. The van der Waals surface area contributed by atoms with E-state index in [1.807, 2.05) is 19.9 Å². The number of ether oxygens (including phenoxy) is 3. The Hall–Kier alpha value is -0.950. The fraction of sp³-hybridized carbons (Fsp3) is 0.824. The van der Waals surface area contributed by atoms with Crippen molar-refractivity contribution in [3.8, 4) is 0 Å². The van der Waals surface area contributed by atoms with Crippen LogP contribution in [0.15, 0.2) is 11.6 Å². The molecule has 0 amide bonds. The Morgan fingerprint density at radius 1 is 1.52 bits per heavy atom. The highest BCUT2D eigenvalue weighted by molar-refractivity contribution is 5.66. The molecule has 2 aliphatic heterocycles. The van der Waals surface area contributed by atoms with Crippen molar-refractivity contribution in [3.05, 3.63) is 11.6 Å². The molecule has 4 rings (SSSR count). The van der Waals surface area contributed by atoms with E-state index in [0.717, 1.165) is 12.8 Å². The van der Waals surface area contributed by atoms with Crippen LogP contribution in [0.25, 0.3) is 0 Å². The second kappa shape index (κ2) is 4.57. The summed E-state index contributed by atoms with van der Waals surface area (Å²) in [6.07, 6.45) is 1.08. The highest BCUT2D eigenvalue weighted by Crippen LogP contribution is 2.71. The number of allylic oxidation sites excluding steroid dienone is 1. The molecule has 0 aromatic carbocycles. The van der Waals surface area contributed by atoms with E-state index in [1.165, 1.54) is 12.5 Å². The van der Waals surface area contributed by atoms with E-state index in [-0.39, 0.29) is 12.7 Å². The first-order chi connectivity index (χ1) is 10.8. The Balaban J connectivity index is 1.88. The van der Waals surface area contributed by atoms with Crippen molar-refractivity contribution in [1.29, 1.82) is 0 Å². The highest BCUT2D eigenvalue weighted by atomic mass is 16.7. The molecule has 1 spiro atoms. The molecule has 0 aromatic heterocycles. The van der Waals surface area contributed by atoms with E-state index < -0.39 is 40.7 Å². The molecule has 6 heteroatoms. The normalized spacial score (nSPS) is 53.7. The van der Waals surface area contributed by atoms with Gasteiger partial charge in [0.05, 0.1) is 24.7 Å². The summed E-state index contributed by atoms with van der Waals surface area (Å²) in [5.41, 5.74) is -0.777. The monoisotopic (exact) mass is 324 g/mol. The Kier molecular flexibility index (Phi) is 3.09. The molecule has 128 valence electrons. The highest BCUT2D eigenvalue weighted by Gasteiger charge is 2.85. The zero-order valence-electron chi connectivity index (χ0n) is 13.7. The van der Waals surface area contributed by atoms with E-state index >= 15 is 0 Å². The molecule has 0 radical (unpaired) electrons. The van der Waals surface area contributed by atoms with E-state index in [4.69, 9.17) is 14.2 Å². The molecular weight excluding hydrogens is 300 g/mol. The Labute approximate surface area is 135 Å². The fourth-order valence-electron chi connectivity index (χ4n) is 5.40. The van der Waals surface area contributed by atoms with Crippen molar-refractivity contribution < 1.29 is 29.2 Å². The molecule has 2 bridgehead atoms. The second-order valence-electron chi connectivity index (χ2n) is 7.71. The summed E-state index contributed by atoms with van der Waals surface area (Å²) in [6, 6.07) is 0. The first-order valence-electron chi connectivity index (χ1n) is 8.25. The van der Waals surface area contributed by atoms with Crippen LogP contribution < -0.4 is 0 Å². The van der Waals surface area contributed by atoms with Crippen molar-refractivity contribution in [3.63, 3.8) is 0 Å². The number of fused-ring (bicyclic) bond motifs is 2. The summed E-state index contributed by atoms with van der Waals surface area (Å²) >= 11 is 0. The third-order valence-corrected chi connectivity index (χ3v) is 6.83. The molecule has 23 heavy (non-hydrogen) atoms. The molecule has 2 saturated heterocycles. The summed E-state index contributed by atoms with van der Waals surface area (Å²) in [6.45, 7) is 5.73. The van der Waals surface area contributed by atoms with Crippen molar-refractivity contribution in [2.75, 3.05) is 13.2 Å². The molecule has 7 atom stereocenters. The van der Waals surface area contributed by atoms with Crippen LogP contribution in [0.3, 0.4) is 0 Å². The molecule has 2 aliphatic carbocycles. The summed E-state index contributed by atoms with van der Waals surface area (Å²) < 4.78 is 17.6. The average Bonchev–Trinajstić information content (AvgIpc) is 3.28. The lowest BCUT2D eigenvalue weighted by Crippen LogP contribution is -2.66. The number of aliphatic hydroxyl groups excluding tert-OH is 2. The van der Waals surface area contributed by atoms with Gasteiger partial charge < -0.3 is 24.4 Å². The SMILES string of the molecule is CC(=O)O[C@@H]1[C@@H](O)[C@H]2O[C@H]3C=C(C)CC[C@]3(CO)[C@]1(C)[C@]21CO1. The number of carbonyl (C=O) groups is 1. The van der Waals surface area contributed by atoms with Gasteiger partial charge in [0.15, 0.2) is 0 Å². The van der Waals surface area contributed by atoms with Crippen molar-refractivity contribution in [1.82, 2.24) is 0 Å². The fourth-order valence-corrected chi connectivity index (χ4v) is 5.40. The number of esters is 1. The minimum Gasteiger partial charge on any atom is -0.459 e. The van der Waals surface area contributed by atoms with E-state index in [1.54, 1.807) is 0 Å². The first-order valence-corrected chi connectivity index (χ1v) is 8.25. The van der Waals surface area contributed by atoms with Gasteiger partial charge in [-0.15, -0.1) is 0 Å². The van der Waals surface area contributed by atoms with Crippen LogP contribution >= 0.6 is 0 Å². The van der Waals surface area contributed by atoms with Gasteiger partial charge in [0.2, 0.25) is 0 Å². The lowest BCUT2D eigenvalue weighted by Gasteiger charge is -2.57. The molecule has 4 aliphatic rings. The molecular formula is C17H24O6. The van der Waals surface area contributed by atoms with E-state index in [9.17, 15) is 15.0 Å². The predicted octanol–water partition coefficient (Wildman–Crippen LogP) is 0.554. The summed E-state index contributed by atoms with van der Waals surface area (Å²) in [5.74, 6) is -0.439. The molecule has 0 aromatic rings. The van der Waals surface area contributed by atoms with Crippen molar-refractivity contribution in [2.24, 2.45) is 10.8 Å². The van der Waals surface area contributed by atoms with Crippen LogP contribution in [-0.2, 0) is 19.0 Å². The van der Waals surface area contributed by atoms with Gasteiger partial charge >= 0.3 is 5.97 Å². The maximum Gasteiger partial charge on any atom is 0.303 e. The first kappa shape index (κ1) is 15.6. The van der Waals surface area contributed by atoms with Gasteiger partial charge in [-0.1, -0.05) is 18.6 Å². The van der Waals surface area contributed by atoms with Crippen LogP contribution in [-0.4, -0.2) is 59.4 Å².